The maximum atomic E-state index is 12.1. The summed E-state index contributed by atoms with van der Waals surface area (Å²) in [5.41, 5.74) is 2.13. The Morgan fingerprint density at radius 1 is 1.35 bits per heavy atom. The Morgan fingerprint density at radius 2 is 2.05 bits per heavy atom. The molecule has 1 N–H and O–H groups in total. The fourth-order valence-electron chi connectivity index (χ4n) is 2.17. The fraction of sp³-hybridized carbons (Fsp3) is 0.375. The molecule has 1 unspecified atom stereocenters. The SMILES string of the molecule is CCc1cn(CC(=O)NC(C)c2ccccc2)c(C)n1. The van der Waals surface area contributed by atoms with Gasteiger partial charge in [-0.2, -0.15) is 0 Å². The first-order chi connectivity index (χ1) is 9.60. The number of nitrogens with one attached hydrogen (secondary N) is 1. The van der Waals surface area contributed by atoms with Crippen molar-refractivity contribution in [3.63, 3.8) is 0 Å². The van der Waals surface area contributed by atoms with Crippen LogP contribution >= 0.6 is 0 Å². The van der Waals surface area contributed by atoms with Gasteiger partial charge in [0.15, 0.2) is 0 Å². The summed E-state index contributed by atoms with van der Waals surface area (Å²) >= 11 is 0. The van der Waals surface area contributed by atoms with Crippen molar-refractivity contribution in [2.75, 3.05) is 0 Å². The van der Waals surface area contributed by atoms with Gasteiger partial charge in [-0.05, 0) is 25.8 Å². The Balaban J connectivity index is 1.97. The molecule has 2 rings (SSSR count). The van der Waals surface area contributed by atoms with Crippen LogP contribution in [0.5, 0.6) is 0 Å². The summed E-state index contributed by atoms with van der Waals surface area (Å²) in [5, 5.41) is 3.01. The van der Waals surface area contributed by atoms with Crippen molar-refractivity contribution in [2.24, 2.45) is 0 Å². The van der Waals surface area contributed by atoms with Gasteiger partial charge in [0.2, 0.25) is 5.91 Å². The van der Waals surface area contributed by atoms with Gasteiger partial charge in [0.05, 0.1) is 11.7 Å². The maximum Gasteiger partial charge on any atom is 0.240 e. The Hall–Kier alpha value is -2.10. The standard InChI is InChI=1S/C16H21N3O/c1-4-15-10-19(13(3)18-15)11-16(20)17-12(2)14-8-6-5-7-9-14/h5-10,12H,4,11H2,1-3H3,(H,17,20). The van der Waals surface area contributed by atoms with Crippen molar-refractivity contribution in [2.45, 2.75) is 39.8 Å². The number of amides is 1. The summed E-state index contributed by atoms with van der Waals surface area (Å²) < 4.78 is 1.89. The van der Waals surface area contributed by atoms with Crippen LogP contribution in [0.1, 0.15) is 37.0 Å². The van der Waals surface area contributed by atoms with E-state index in [0.717, 1.165) is 23.5 Å². The number of hydrogen-bond donors (Lipinski definition) is 1. The van der Waals surface area contributed by atoms with Gasteiger partial charge in [-0.25, -0.2) is 4.98 Å². The Morgan fingerprint density at radius 3 is 2.65 bits per heavy atom. The molecule has 1 heterocycles. The normalized spacial score (nSPS) is 12.2. The third-order valence-corrected chi connectivity index (χ3v) is 3.38. The minimum absolute atomic E-state index is 0.00417. The van der Waals surface area contributed by atoms with E-state index >= 15 is 0 Å². The first kappa shape index (κ1) is 14.3. The molecule has 0 bridgehead atoms. The van der Waals surface area contributed by atoms with Crippen LogP contribution in [-0.2, 0) is 17.8 Å². The molecule has 1 amide bonds. The largest absolute Gasteiger partial charge is 0.348 e. The van der Waals surface area contributed by atoms with Gasteiger partial charge >= 0.3 is 0 Å². The van der Waals surface area contributed by atoms with Crippen LogP contribution in [-0.4, -0.2) is 15.5 Å². The van der Waals surface area contributed by atoms with Gasteiger partial charge in [0, 0.05) is 6.20 Å². The number of aromatic nitrogens is 2. The molecule has 0 saturated carbocycles. The van der Waals surface area contributed by atoms with Crippen LogP contribution in [0.3, 0.4) is 0 Å². The molecule has 0 radical (unpaired) electrons. The monoisotopic (exact) mass is 271 g/mol. The third-order valence-electron chi connectivity index (χ3n) is 3.38. The van der Waals surface area contributed by atoms with Crippen LogP contribution in [0, 0.1) is 6.92 Å². The first-order valence-electron chi connectivity index (χ1n) is 6.97. The number of benzene rings is 1. The Bertz CT molecular complexity index is 575. The lowest BCUT2D eigenvalue weighted by molar-refractivity contribution is -0.122. The molecular formula is C16H21N3O. The van der Waals surface area contributed by atoms with E-state index in [4.69, 9.17) is 0 Å². The van der Waals surface area contributed by atoms with E-state index in [2.05, 4.69) is 17.2 Å². The summed E-state index contributed by atoms with van der Waals surface area (Å²) in [6.45, 7) is 6.29. The highest BCUT2D eigenvalue weighted by molar-refractivity contribution is 5.76. The molecule has 20 heavy (non-hydrogen) atoms. The van der Waals surface area contributed by atoms with Gasteiger partial charge in [-0.15, -0.1) is 0 Å². The van der Waals surface area contributed by atoms with Crippen molar-refractivity contribution < 1.29 is 4.79 Å². The van der Waals surface area contributed by atoms with Crippen LogP contribution in [0.2, 0.25) is 0 Å². The molecule has 4 nitrogen and oxygen atoms in total. The molecule has 2 aromatic rings. The van der Waals surface area contributed by atoms with Gasteiger partial charge in [0.1, 0.15) is 12.4 Å². The summed E-state index contributed by atoms with van der Waals surface area (Å²) in [5.74, 6) is 0.883. The first-order valence-corrected chi connectivity index (χ1v) is 6.97. The number of nitrogens with zero attached hydrogens (tertiary/aromatic N) is 2. The van der Waals surface area contributed by atoms with Gasteiger partial charge < -0.3 is 9.88 Å². The maximum absolute atomic E-state index is 12.1. The van der Waals surface area contributed by atoms with Crippen molar-refractivity contribution in [1.82, 2.24) is 14.9 Å². The van der Waals surface area contributed by atoms with E-state index in [1.807, 2.05) is 54.9 Å². The number of carbonyl (C=O) groups is 1. The van der Waals surface area contributed by atoms with Gasteiger partial charge in [-0.3, -0.25) is 4.79 Å². The molecule has 0 spiro atoms. The fourth-order valence-corrected chi connectivity index (χ4v) is 2.17. The van der Waals surface area contributed by atoms with Crippen LogP contribution in [0.25, 0.3) is 0 Å². The van der Waals surface area contributed by atoms with Crippen molar-refractivity contribution in [3.05, 3.63) is 53.6 Å². The zero-order valence-electron chi connectivity index (χ0n) is 12.3. The van der Waals surface area contributed by atoms with Crippen LogP contribution in [0.15, 0.2) is 36.5 Å². The predicted octanol–water partition coefficient (Wildman–Crippen LogP) is 2.63. The number of rotatable bonds is 5. The number of hydrogen-bond acceptors (Lipinski definition) is 2. The second kappa shape index (κ2) is 6.37. The lowest BCUT2D eigenvalue weighted by atomic mass is 10.1. The smallest absolute Gasteiger partial charge is 0.240 e. The molecule has 1 atom stereocenters. The molecule has 4 heteroatoms. The molecule has 0 saturated heterocycles. The Kier molecular flexibility index (Phi) is 4.56. The van der Waals surface area contributed by atoms with Gasteiger partial charge in [0.25, 0.3) is 0 Å². The average molecular weight is 271 g/mol. The molecule has 1 aromatic carbocycles. The van der Waals surface area contributed by atoms with Crippen LogP contribution in [0.4, 0.5) is 0 Å². The van der Waals surface area contributed by atoms with E-state index in [9.17, 15) is 4.79 Å². The second-order valence-corrected chi connectivity index (χ2v) is 4.96. The number of aryl methyl sites for hydroxylation is 2. The highest BCUT2D eigenvalue weighted by atomic mass is 16.2. The zero-order chi connectivity index (χ0) is 14.5. The highest BCUT2D eigenvalue weighted by Crippen LogP contribution is 2.11. The minimum atomic E-state index is 0.00417. The van der Waals surface area contributed by atoms with Crippen molar-refractivity contribution in [1.29, 1.82) is 0 Å². The van der Waals surface area contributed by atoms with E-state index < -0.39 is 0 Å². The molecule has 1 aromatic heterocycles. The van der Waals surface area contributed by atoms with Crippen molar-refractivity contribution >= 4 is 5.91 Å². The third kappa shape index (κ3) is 3.47. The lowest BCUT2D eigenvalue weighted by Gasteiger charge is -2.14. The summed E-state index contributed by atoms with van der Waals surface area (Å²) in [6, 6.07) is 9.97. The molecule has 0 aliphatic heterocycles. The molecular weight excluding hydrogens is 250 g/mol. The predicted molar refractivity (Wildman–Crippen MR) is 79.3 cm³/mol. The minimum Gasteiger partial charge on any atom is -0.348 e. The van der Waals surface area contributed by atoms with E-state index in [1.165, 1.54) is 0 Å². The lowest BCUT2D eigenvalue weighted by Crippen LogP contribution is -2.30. The molecule has 0 fully saturated rings. The Labute approximate surface area is 119 Å². The summed E-state index contributed by atoms with van der Waals surface area (Å²) in [6.07, 6.45) is 2.83. The highest BCUT2D eigenvalue weighted by Gasteiger charge is 2.11. The summed E-state index contributed by atoms with van der Waals surface area (Å²) in [7, 11) is 0. The number of imidazole rings is 1. The molecule has 0 aliphatic carbocycles. The number of carbonyl (C=O) groups excluding carboxylic acids is 1. The van der Waals surface area contributed by atoms with E-state index in [-0.39, 0.29) is 11.9 Å². The summed E-state index contributed by atoms with van der Waals surface area (Å²) in [4.78, 5) is 16.5. The molecule has 106 valence electrons. The average Bonchev–Trinajstić information content (AvgIpc) is 2.80. The van der Waals surface area contributed by atoms with Crippen LogP contribution < -0.4 is 5.32 Å². The quantitative estimate of drug-likeness (QED) is 0.908. The van der Waals surface area contributed by atoms with E-state index in [1.54, 1.807) is 0 Å². The van der Waals surface area contributed by atoms with Crippen molar-refractivity contribution in [3.8, 4) is 0 Å². The molecule has 0 aliphatic rings. The second-order valence-electron chi connectivity index (χ2n) is 4.96. The zero-order valence-corrected chi connectivity index (χ0v) is 12.3. The van der Waals surface area contributed by atoms with Gasteiger partial charge in [-0.1, -0.05) is 37.3 Å². The van der Waals surface area contributed by atoms with E-state index in [0.29, 0.717) is 6.54 Å². The topological polar surface area (TPSA) is 46.9 Å².